The van der Waals surface area contributed by atoms with E-state index in [0.717, 1.165) is 32.1 Å². The fraction of sp³-hybridized carbons (Fsp3) is 0.423. The SMILES string of the molecule is O=C1CN(C(=O)c2ccccc2)C2CCN(C(=O)OC3(CCc4ccccc4)CCC3)[C@H]12. The summed E-state index contributed by atoms with van der Waals surface area (Å²) in [4.78, 5) is 42.1. The molecule has 1 aliphatic carbocycles. The van der Waals surface area contributed by atoms with Gasteiger partial charge in [0.05, 0.1) is 12.6 Å². The number of hydrogen-bond donors (Lipinski definition) is 0. The molecule has 2 aromatic rings. The number of rotatable bonds is 5. The van der Waals surface area contributed by atoms with Gasteiger partial charge in [0.1, 0.15) is 11.6 Å². The monoisotopic (exact) mass is 432 g/mol. The smallest absolute Gasteiger partial charge is 0.411 e. The highest BCUT2D eigenvalue weighted by Gasteiger charge is 2.53. The maximum Gasteiger partial charge on any atom is 0.411 e. The Hall–Kier alpha value is -3.15. The van der Waals surface area contributed by atoms with Gasteiger partial charge in [0.2, 0.25) is 0 Å². The molecule has 5 rings (SSSR count). The molecule has 2 aromatic carbocycles. The average molecular weight is 433 g/mol. The molecule has 1 unspecified atom stereocenters. The summed E-state index contributed by atoms with van der Waals surface area (Å²) in [6.07, 6.45) is 4.61. The van der Waals surface area contributed by atoms with Crippen LogP contribution in [0.15, 0.2) is 60.7 Å². The highest BCUT2D eigenvalue weighted by molar-refractivity contribution is 6.02. The molecular formula is C26H28N2O4. The lowest BCUT2D eigenvalue weighted by Gasteiger charge is -2.42. The minimum atomic E-state index is -0.596. The van der Waals surface area contributed by atoms with Crippen LogP contribution >= 0.6 is 0 Å². The minimum absolute atomic E-state index is 0.0476. The van der Waals surface area contributed by atoms with E-state index in [2.05, 4.69) is 12.1 Å². The molecule has 0 spiro atoms. The molecule has 1 saturated carbocycles. The third-order valence-corrected chi connectivity index (χ3v) is 7.22. The maximum absolute atomic E-state index is 13.1. The van der Waals surface area contributed by atoms with Gasteiger partial charge in [-0.2, -0.15) is 0 Å². The van der Waals surface area contributed by atoms with Gasteiger partial charge in [-0.05, 0) is 56.2 Å². The van der Waals surface area contributed by atoms with Gasteiger partial charge in [0.25, 0.3) is 5.91 Å². The van der Waals surface area contributed by atoms with Gasteiger partial charge in [0, 0.05) is 12.1 Å². The molecule has 0 aromatic heterocycles. The Bertz CT molecular complexity index is 1000. The first-order valence-corrected chi connectivity index (χ1v) is 11.5. The summed E-state index contributed by atoms with van der Waals surface area (Å²) in [7, 11) is 0. The molecule has 2 heterocycles. The number of ketones is 1. The molecule has 6 heteroatoms. The predicted octanol–water partition coefficient (Wildman–Crippen LogP) is 3.85. The maximum atomic E-state index is 13.1. The van der Waals surface area contributed by atoms with Crippen molar-refractivity contribution in [2.75, 3.05) is 13.1 Å². The van der Waals surface area contributed by atoms with Gasteiger partial charge in [-0.25, -0.2) is 4.79 Å². The van der Waals surface area contributed by atoms with Crippen LogP contribution in [0.5, 0.6) is 0 Å². The van der Waals surface area contributed by atoms with E-state index < -0.39 is 17.7 Å². The third kappa shape index (κ3) is 3.78. The van der Waals surface area contributed by atoms with Crippen LogP contribution in [-0.2, 0) is 16.0 Å². The summed E-state index contributed by atoms with van der Waals surface area (Å²) in [5, 5.41) is 0. The normalized spacial score (nSPS) is 23.6. The Morgan fingerprint density at radius 2 is 1.66 bits per heavy atom. The summed E-state index contributed by atoms with van der Waals surface area (Å²) in [6.45, 7) is 0.485. The van der Waals surface area contributed by atoms with Crippen molar-refractivity contribution < 1.29 is 19.1 Å². The topological polar surface area (TPSA) is 66.9 Å². The Labute approximate surface area is 188 Å². The Balaban J connectivity index is 1.25. The average Bonchev–Trinajstić information content (AvgIpc) is 3.38. The lowest BCUT2D eigenvalue weighted by molar-refractivity contribution is -0.121. The summed E-state index contributed by atoms with van der Waals surface area (Å²) in [5.74, 6) is -0.235. The quantitative estimate of drug-likeness (QED) is 0.720. The molecular weight excluding hydrogens is 404 g/mol. The van der Waals surface area contributed by atoms with Crippen molar-refractivity contribution in [3.05, 3.63) is 71.8 Å². The first-order valence-electron chi connectivity index (χ1n) is 11.5. The minimum Gasteiger partial charge on any atom is -0.443 e. The molecule has 3 aliphatic rings. The van der Waals surface area contributed by atoms with Crippen LogP contribution in [0.3, 0.4) is 0 Å². The number of Topliss-reactive ketones (excluding diaryl/α,β-unsaturated/α-hetero) is 1. The van der Waals surface area contributed by atoms with E-state index in [-0.39, 0.29) is 24.3 Å². The fourth-order valence-corrected chi connectivity index (χ4v) is 5.28. The first-order chi connectivity index (χ1) is 15.6. The highest BCUT2D eigenvalue weighted by atomic mass is 16.6. The van der Waals surface area contributed by atoms with E-state index in [4.69, 9.17) is 4.74 Å². The van der Waals surface area contributed by atoms with Crippen LogP contribution < -0.4 is 0 Å². The number of nitrogens with zero attached hydrogens (tertiary/aromatic N) is 2. The molecule has 2 atom stereocenters. The largest absolute Gasteiger partial charge is 0.443 e. The number of fused-ring (bicyclic) bond motifs is 1. The second-order valence-electron chi connectivity index (χ2n) is 9.15. The number of benzene rings is 2. The summed E-state index contributed by atoms with van der Waals surface area (Å²) in [5.41, 5.74) is 1.36. The second kappa shape index (κ2) is 8.41. The van der Waals surface area contributed by atoms with Crippen molar-refractivity contribution in [2.45, 2.75) is 56.2 Å². The van der Waals surface area contributed by atoms with Crippen LogP contribution in [-0.4, -0.2) is 58.4 Å². The Kier molecular flexibility index (Phi) is 5.45. The molecule has 6 nitrogen and oxygen atoms in total. The van der Waals surface area contributed by atoms with Crippen LogP contribution in [0.4, 0.5) is 4.79 Å². The van der Waals surface area contributed by atoms with Gasteiger partial charge < -0.3 is 9.64 Å². The van der Waals surface area contributed by atoms with Crippen LogP contribution in [0, 0.1) is 0 Å². The van der Waals surface area contributed by atoms with E-state index in [1.54, 1.807) is 21.9 Å². The summed E-state index contributed by atoms with van der Waals surface area (Å²) in [6, 6.07) is 18.4. The number of hydrogen-bond acceptors (Lipinski definition) is 4. The molecule has 32 heavy (non-hydrogen) atoms. The molecule has 0 N–H and O–H groups in total. The van der Waals surface area contributed by atoms with Crippen LogP contribution in [0.2, 0.25) is 0 Å². The summed E-state index contributed by atoms with van der Waals surface area (Å²) < 4.78 is 6.05. The van der Waals surface area contributed by atoms with Gasteiger partial charge >= 0.3 is 6.09 Å². The predicted molar refractivity (Wildman–Crippen MR) is 119 cm³/mol. The fourth-order valence-electron chi connectivity index (χ4n) is 5.28. The van der Waals surface area contributed by atoms with Gasteiger partial charge in [-0.3, -0.25) is 14.5 Å². The number of ether oxygens (including phenoxy) is 1. The number of carbonyl (C=O) groups is 3. The van der Waals surface area contributed by atoms with Crippen LogP contribution in [0.1, 0.15) is 48.0 Å². The number of amides is 2. The molecule has 3 fully saturated rings. The first kappa shape index (κ1) is 20.7. The zero-order valence-corrected chi connectivity index (χ0v) is 18.1. The lowest BCUT2D eigenvalue weighted by Crippen LogP contribution is -2.49. The van der Waals surface area contributed by atoms with Crippen molar-refractivity contribution in [1.29, 1.82) is 0 Å². The Morgan fingerprint density at radius 1 is 0.969 bits per heavy atom. The van der Waals surface area contributed by atoms with Gasteiger partial charge in [-0.1, -0.05) is 48.5 Å². The Morgan fingerprint density at radius 3 is 2.31 bits per heavy atom. The standard InChI is InChI=1S/C26H28N2O4/c29-22-18-28(24(30)20-10-5-2-6-11-20)21-13-17-27(23(21)22)25(31)32-26(14-7-15-26)16-12-19-8-3-1-4-9-19/h1-6,8-11,21,23H,7,12-18H2/t21?,23-/m0/s1. The number of carbonyl (C=O) groups excluding carboxylic acids is 3. The lowest BCUT2D eigenvalue weighted by atomic mass is 9.76. The molecule has 2 saturated heterocycles. The van der Waals surface area contributed by atoms with Crippen molar-refractivity contribution in [1.82, 2.24) is 9.80 Å². The molecule has 0 bridgehead atoms. The molecule has 0 radical (unpaired) electrons. The highest BCUT2D eigenvalue weighted by Crippen LogP contribution is 2.41. The van der Waals surface area contributed by atoms with E-state index >= 15 is 0 Å². The molecule has 166 valence electrons. The number of likely N-dealkylation sites (tertiary alicyclic amines) is 2. The van der Waals surface area contributed by atoms with Crippen molar-refractivity contribution >= 4 is 17.8 Å². The van der Waals surface area contributed by atoms with Crippen molar-refractivity contribution in [2.24, 2.45) is 0 Å². The van der Waals surface area contributed by atoms with Crippen molar-refractivity contribution in [3.63, 3.8) is 0 Å². The van der Waals surface area contributed by atoms with Crippen molar-refractivity contribution in [3.8, 4) is 0 Å². The molecule has 2 aliphatic heterocycles. The van der Waals surface area contributed by atoms with Gasteiger partial charge in [-0.15, -0.1) is 0 Å². The van der Waals surface area contributed by atoms with E-state index in [1.807, 2.05) is 36.4 Å². The van der Waals surface area contributed by atoms with E-state index in [0.29, 0.717) is 18.5 Å². The van der Waals surface area contributed by atoms with Gasteiger partial charge in [0.15, 0.2) is 5.78 Å². The zero-order valence-electron chi connectivity index (χ0n) is 18.1. The summed E-state index contributed by atoms with van der Waals surface area (Å²) >= 11 is 0. The molecule has 2 amide bonds. The van der Waals surface area contributed by atoms with E-state index in [9.17, 15) is 14.4 Å². The van der Waals surface area contributed by atoms with E-state index in [1.165, 1.54) is 5.56 Å². The van der Waals surface area contributed by atoms with Crippen LogP contribution in [0.25, 0.3) is 0 Å². The zero-order chi connectivity index (χ0) is 22.1. The third-order valence-electron chi connectivity index (χ3n) is 7.22. The second-order valence-corrected chi connectivity index (χ2v) is 9.15. The number of aryl methyl sites for hydroxylation is 1.